The van der Waals surface area contributed by atoms with E-state index in [-0.39, 0.29) is 17.2 Å². The highest BCUT2D eigenvalue weighted by molar-refractivity contribution is 6.10. The monoisotopic (exact) mass is 566 g/mol. The van der Waals surface area contributed by atoms with Gasteiger partial charge in [-0.1, -0.05) is 44.7 Å². The van der Waals surface area contributed by atoms with E-state index in [9.17, 15) is 9.90 Å². The number of benzene rings is 1. The van der Waals surface area contributed by atoms with Crippen molar-refractivity contribution in [2.24, 2.45) is 4.99 Å². The summed E-state index contributed by atoms with van der Waals surface area (Å²) in [5, 5.41) is 13.4. The molecule has 0 heterocycles. The standard InChI is InChI=1S/C25H36N4O2.C5H10O.C2H6.C2H2/c1-9-10-19(4)16-26-24(18(2)3)27-17-20(5)21-11-12-23(30)22(15-21)25(31)29(8)14-13-28(6)7;1-3-5-6-4-2;2*1-2/h9-12,15-17,26,30H,5,13-14H2,1-4,6-8H3;3,5H,4H2,1-2H3;1-2H3;1-2H/b10-9+,19-16+,27-17-;5-3+;;. The number of rotatable bonds is 12. The van der Waals surface area contributed by atoms with Crippen molar-refractivity contribution in [1.29, 1.82) is 0 Å². The smallest absolute Gasteiger partial charge is 0.257 e. The SMILES string of the molecule is C#C.C/C=C/OCC.C=C(/C=N\C(N/C=C(C)/C=C/C)=C(C)C)c1ccc(O)c(C(=O)N(C)CCN(C)C)c1.CC. The Labute approximate surface area is 250 Å². The van der Waals surface area contributed by atoms with Crippen molar-refractivity contribution >= 4 is 17.7 Å². The zero-order valence-corrected chi connectivity index (χ0v) is 27.3. The maximum absolute atomic E-state index is 12.8. The molecule has 1 amide bonds. The van der Waals surface area contributed by atoms with Crippen LogP contribution in [0.4, 0.5) is 0 Å². The molecule has 2 N–H and O–H groups in total. The quantitative estimate of drug-likeness (QED) is 0.120. The number of phenolic OH excluding ortho intramolecular Hbond substituents is 1. The number of aromatic hydroxyl groups is 1. The summed E-state index contributed by atoms with van der Waals surface area (Å²) < 4.78 is 4.80. The topological polar surface area (TPSA) is 77.4 Å². The van der Waals surface area contributed by atoms with Gasteiger partial charge in [-0.05, 0) is 90.1 Å². The summed E-state index contributed by atoms with van der Waals surface area (Å²) in [4.78, 5) is 20.9. The van der Waals surface area contributed by atoms with Gasteiger partial charge in [0.15, 0.2) is 0 Å². The van der Waals surface area contributed by atoms with Crippen molar-refractivity contribution in [3.63, 3.8) is 0 Å². The highest BCUT2D eigenvalue weighted by atomic mass is 16.5. The van der Waals surface area contributed by atoms with Gasteiger partial charge in [-0.15, -0.1) is 12.8 Å². The van der Waals surface area contributed by atoms with Gasteiger partial charge in [-0.2, -0.15) is 0 Å². The summed E-state index contributed by atoms with van der Waals surface area (Å²) in [5.74, 6) is 0.442. The van der Waals surface area contributed by atoms with Crippen LogP contribution in [0.1, 0.15) is 71.3 Å². The van der Waals surface area contributed by atoms with E-state index in [2.05, 4.69) is 29.7 Å². The van der Waals surface area contributed by atoms with Crippen LogP contribution in [-0.4, -0.2) is 67.9 Å². The minimum atomic E-state index is -0.234. The highest BCUT2D eigenvalue weighted by Gasteiger charge is 2.17. The Bertz CT molecular complexity index is 1060. The molecular formula is C34H54N4O3. The number of terminal acetylenes is 1. The molecule has 7 heteroatoms. The summed E-state index contributed by atoms with van der Waals surface area (Å²) in [6, 6.07) is 4.90. The van der Waals surface area contributed by atoms with Crippen molar-refractivity contribution in [2.45, 2.75) is 55.4 Å². The lowest BCUT2D eigenvalue weighted by Gasteiger charge is -2.20. The maximum Gasteiger partial charge on any atom is 0.257 e. The van der Waals surface area contributed by atoms with Gasteiger partial charge in [-0.25, -0.2) is 4.99 Å². The number of aliphatic imine (C=N–C) groups is 1. The molecule has 7 nitrogen and oxygen atoms in total. The number of nitrogens with one attached hydrogen (secondary N) is 1. The van der Waals surface area contributed by atoms with Gasteiger partial charge in [0, 0.05) is 32.6 Å². The van der Waals surface area contributed by atoms with Gasteiger partial charge in [0.05, 0.1) is 18.4 Å². The first-order valence-electron chi connectivity index (χ1n) is 13.7. The molecule has 0 radical (unpaired) electrons. The van der Waals surface area contributed by atoms with Crippen LogP contribution in [0, 0.1) is 12.8 Å². The molecule has 0 aliphatic heterocycles. The molecule has 0 aromatic heterocycles. The lowest BCUT2D eigenvalue weighted by Crippen LogP contribution is -2.33. The van der Waals surface area contributed by atoms with Crippen LogP contribution in [0.25, 0.3) is 5.57 Å². The van der Waals surface area contributed by atoms with E-state index in [1.165, 1.54) is 6.07 Å². The van der Waals surface area contributed by atoms with Gasteiger partial charge in [0.1, 0.15) is 11.6 Å². The fraction of sp³-hybridized carbons (Fsp3) is 0.412. The van der Waals surface area contributed by atoms with E-state index in [0.29, 0.717) is 12.1 Å². The molecule has 0 aliphatic carbocycles. The van der Waals surface area contributed by atoms with Crippen LogP contribution >= 0.6 is 0 Å². The van der Waals surface area contributed by atoms with E-state index in [0.717, 1.165) is 35.7 Å². The number of nitrogens with zero attached hydrogens (tertiary/aromatic N) is 3. The Balaban J connectivity index is -0.00000125. The van der Waals surface area contributed by atoms with Crippen LogP contribution in [0.3, 0.4) is 0 Å². The average molecular weight is 567 g/mol. The number of likely N-dealkylation sites (N-methyl/N-ethyl adjacent to an activating group) is 2. The molecule has 0 saturated heterocycles. The van der Waals surface area contributed by atoms with Crippen LogP contribution in [0.5, 0.6) is 5.75 Å². The Morgan fingerprint density at radius 2 is 1.71 bits per heavy atom. The van der Waals surface area contributed by atoms with E-state index in [1.54, 1.807) is 36.6 Å². The van der Waals surface area contributed by atoms with E-state index in [4.69, 9.17) is 4.74 Å². The molecule has 0 atom stereocenters. The van der Waals surface area contributed by atoms with Gasteiger partial charge < -0.3 is 25.0 Å². The Kier molecular flexibility index (Phi) is 26.5. The second kappa shape index (κ2) is 26.2. The zero-order chi connectivity index (χ0) is 32.4. The first kappa shape index (κ1) is 41.5. The van der Waals surface area contributed by atoms with Gasteiger partial charge >= 0.3 is 0 Å². The van der Waals surface area contributed by atoms with Crippen molar-refractivity contribution < 1.29 is 14.6 Å². The largest absolute Gasteiger partial charge is 0.507 e. The summed E-state index contributed by atoms with van der Waals surface area (Å²) in [6.45, 7) is 22.0. The minimum absolute atomic E-state index is 0.0496. The number of phenols is 1. The van der Waals surface area contributed by atoms with E-state index < -0.39 is 0 Å². The second-order valence-corrected chi connectivity index (χ2v) is 8.85. The molecule has 0 unspecified atom stereocenters. The molecule has 0 spiro atoms. The fourth-order valence-electron chi connectivity index (χ4n) is 2.78. The molecule has 0 aliphatic rings. The van der Waals surface area contributed by atoms with E-state index in [1.807, 2.05) is 98.8 Å². The number of hydrogen-bond acceptors (Lipinski definition) is 6. The molecule has 41 heavy (non-hydrogen) atoms. The molecule has 1 aromatic rings. The van der Waals surface area contributed by atoms with Crippen molar-refractivity contribution in [3.05, 3.63) is 83.6 Å². The molecule has 0 saturated carbocycles. The molecule has 1 aromatic carbocycles. The predicted molar refractivity (Wildman–Crippen MR) is 179 cm³/mol. The van der Waals surface area contributed by atoms with Crippen LogP contribution < -0.4 is 5.32 Å². The predicted octanol–water partition coefficient (Wildman–Crippen LogP) is 7.26. The highest BCUT2D eigenvalue weighted by Crippen LogP contribution is 2.23. The molecule has 1 rings (SSSR count). The third-order valence-electron chi connectivity index (χ3n) is 4.92. The van der Waals surface area contributed by atoms with Crippen molar-refractivity contribution in [1.82, 2.24) is 15.1 Å². The summed E-state index contributed by atoms with van der Waals surface area (Å²) in [7, 11) is 5.63. The summed E-state index contributed by atoms with van der Waals surface area (Å²) in [6.07, 6.45) is 19.1. The lowest BCUT2D eigenvalue weighted by atomic mass is 10.0. The van der Waals surface area contributed by atoms with Crippen molar-refractivity contribution in [2.75, 3.05) is 40.8 Å². The van der Waals surface area contributed by atoms with Gasteiger partial charge in [0.2, 0.25) is 0 Å². The maximum atomic E-state index is 12.8. The first-order valence-corrected chi connectivity index (χ1v) is 13.7. The molecular weight excluding hydrogens is 512 g/mol. The van der Waals surface area contributed by atoms with Gasteiger partial charge in [-0.3, -0.25) is 4.79 Å². The van der Waals surface area contributed by atoms with Crippen LogP contribution in [0.15, 0.2) is 77.4 Å². The van der Waals surface area contributed by atoms with Gasteiger partial charge in [0.25, 0.3) is 5.91 Å². The minimum Gasteiger partial charge on any atom is -0.507 e. The first-order chi connectivity index (χ1) is 19.5. The third kappa shape index (κ3) is 19.7. The molecule has 228 valence electrons. The lowest BCUT2D eigenvalue weighted by molar-refractivity contribution is 0.0783. The van der Waals surface area contributed by atoms with Crippen molar-refractivity contribution in [3.8, 4) is 18.6 Å². The Morgan fingerprint density at radius 3 is 2.17 bits per heavy atom. The summed E-state index contributed by atoms with van der Waals surface area (Å²) >= 11 is 0. The third-order valence-corrected chi connectivity index (χ3v) is 4.92. The molecule has 0 bridgehead atoms. The Hall–Kier alpha value is -4.02. The van der Waals surface area contributed by atoms with Crippen LogP contribution in [-0.2, 0) is 4.74 Å². The zero-order valence-electron chi connectivity index (χ0n) is 27.3. The number of amides is 1. The fourth-order valence-corrected chi connectivity index (χ4v) is 2.78. The molecule has 0 fully saturated rings. The number of allylic oxidation sites excluding steroid dienone is 6. The normalized spacial score (nSPS) is 10.6. The number of hydrogen-bond donors (Lipinski definition) is 2. The second-order valence-electron chi connectivity index (χ2n) is 8.85. The number of carbonyl (C=O) groups excluding carboxylic acids is 1. The van der Waals surface area contributed by atoms with E-state index >= 15 is 0 Å². The summed E-state index contributed by atoms with van der Waals surface area (Å²) in [5.41, 5.74) is 3.71. The Morgan fingerprint density at radius 1 is 1.10 bits per heavy atom. The van der Waals surface area contributed by atoms with Crippen LogP contribution in [0.2, 0.25) is 0 Å². The average Bonchev–Trinajstić information content (AvgIpc) is 2.96. The number of ether oxygens (including phenoxy) is 1. The number of carbonyl (C=O) groups is 1.